The van der Waals surface area contributed by atoms with Gasteiger partial charge in [0.1, 0.15) is 18.3 Å². The Balaban J connectivity index is 2.09. The molecule has 0 aromatic heterocycles. The van der Waals surface area contributed by atoms with Crippen LogP contribution in [0.25, 0.3) is 0 Å². The molecule has 0 unspecified atom stereocenters. The second-order valence-corrected chi connectivity index (χ2v) is 12.5. The van der Waals surface area contributed by atoms with Crippen molar-refractivity contribution in [1.29, 1.82) is 0 Å². The Kier molecular flexibility index (Phi) is 10.5. The van der Waals surface area contributed by atoms with E-state index in [-0.39, 0.29) is 23.0 Å². The van der Waals surface area contributed by atoms with Gasteiger partial charge >= 0.3 is 0 Å². The van der Waals surface area contributed by atoms with Crippen molar-refractivity contribution in [3.05, 3.63) is 78.4 Å². The van der Waals surface area contributed by atoms with E-state index in [0.29, 0.717) is 22.8 Å². The number of methoxy groups -OCH3 is 3. The van der Waals surface area contributed by atoms with Gasteiger partial charge in [0.15, 0.2) is 11.5 Å². The summed E-state index contributed by atoms with van der Waals surface area (Å²) in [6, 6.07) is 18.7. The Morgan fingerprint density at radius 1 is 0.857 bits per heavy atom. The predicted molar refractivity (Wildman–Crippen MR) is 161 cm³/mol. The molecule has 10 nitrogen and oxygen atoms in total. The molecule has 3 rings (SSSR count). The number of benzene rings is 3. The summed E-state index contributed by atoms with van der Waals surface area (Å²) in [6.07, 6.45) is 0. The molecule has 0 saturated carbocycles. The predicted octanol–water partition coefficient (Wildman–Crippen LogP) is 4.24. The molecule has 226 valence electrons. The highest BCUT2D eigenvalue weighted by molar-refractivity contribution is 7.92. The first-order valence-electron chi connectivity index (χ1n) is 13.3. The molecule has 0 aliphatic heterocycles. The number of ether oxygens (including phenoxy) is 3. The van der Waals surface area contributed by atoms with E-state index in [1.165, 1.54) is 50.5 Å². The van der Waals surface area contributed by atoms with Crippen LogP contribution in [0.15, 0.2) is 77.7 Å². The van der Waals surface area contributed by atoms with Crippen LogP contribution in [0.1, 0.15) is 33.3 Å². The number of carbonyl (C=O) groups is 2. The molecular weight excluding hydrogens is 558 g/mol. The van der Waals surface area contributed by atoms with E-state index in [1.807, 2.05) is 26.8 Å². The normalized spacial score (nSPS) is 12.2. The maximum atomic E-state index is 14.1. The molecule has 0 aliphatic rings. The summed E-state index contributed by atoms with van der Waals surface area (Å²) in [4.78, 5) is 28.7. The van der Waals surface area contributed by atoms with E-state index >= 15 is 0 Å². The van der Waals surface area contributed by atoms with Crippen molar-refractivity contribution >= 4 is 27.5 Å². The smallest absolute Gasteiger partial charge is 0.264 e. The summed E-state index contributed by atoms with van der Waals surface area (Å²) < 4.78 is 45.0. The maximum Gasteiger partial charge on any atom is 0.264 e. The van der Waals surface area contributed by atoms with Gasteiger partial charge in [-0.3, -0.25) is 13.9 Å². The van der Waals surface area contributed by atoms with Crippen LogP contribution in [0.5, 0.6) is 17.2 Å². The van der Waals surface area contributed by atoms with Gasteiger partial charge in [0, 0.05) is 18.2 Å². The highest BCUT2D eigenvalue weighted by atomic mass is 32.2. The Hall–Kier alpha value is -4.25. The van der Waals surface area contributed by atoms with Gasteiger partial charge in [-0.05, 0) is 69.7 Å². The van der Waals surface area contributed by atoms with Crippen LogP contribution in [0, 0.1) is 0 Å². The maximum absolute atomic E-state index is 14.1. The molecule has 0 bridgehead atoms. The summed E-state index contributed by atoms with van der Waals surface area (Å²) in [5, 5.41) is 2.91. The average molecular weight is 598 g/mol. The summed E-state index contributed by atoms with van der Waals surface area (Å²) >= 11 is 0. The number of hydrogen-bond acceptors (Lipinski definition) is 7. The fourth-order valence-electron chi connectivity index (χ4n) is 4.25. The number of amides is 2. The molecule has 1 atom stereocenters. The van der Waals surface area contributed by atoms with Gasteiger partial charge in [-0.25, -0.2) is 8.42 Å². The van der Waals surface area contributed by atoms with E-state index in [4.69, 9.17) is 14.2 Å². The number of carbonyl (C=O) groups excluding carboxylic acids is 2. The van der Waals surface area contributed by atoms with Crippen LogP contribution >= 0.6 is 0 Å². The second kappa shape index (κ2) is 13.6. The number of hydrogen-bond donors (Lipinski definition) is 1. The molecule has 0 aliphatic carbocycles. The zero-order valence-corrected chi connectivity index (χ0v) is 25.9. The van der Waals surface area contributed by atoms with Crippen LogP contribution in [0.2, 0.25) is 0 Å². The molecule has 3 aromatic rings. The first-order valence-corrected chi connectivity index (χ1v) is 14.8. The van der Waals surface area contributed by atoms with Crippen molar-refractivity contribution in [3.8, 4) is 17.2 Å². The van der Waals surface area contributed by atoms with Crippen LogP contribution in [0.4, 0.5) is 5.69 Å². The van der Waals surface area contributed by atoms with Gasteiger partial charge in [-0.15, -0.1) is 0 Å². The Bertz CT molecular complexity index is 1490. The van der Waals surface area contributed by atoms with Crippen molar-refractivity contribution in [2.45, 2.75) is 50.7 Å². The lowest BCUT2D eigenvalue weighted by atomic mass is 10.1. The fourth-order valence-corrected chi connectivity index (χ4v) is 5.68. The van der Waals surface area contributed by atoms with Crippen molar-refractivity contribution in [2.24, 2.45) is 0 Å². The van der Waals surface area contributed by atoms with Gasteiger partial charge in [0.25, 0.3) is 10.0 Å². The van der Waals surface area contributed by atoms with Crippen LogP contribution < -0.4 is 23.8 Å². The number of anilines is 1. The van der Waals surface area contributed by atoms with Gasteiger partial charge in [-0.1, -0.05) is 30.3 Å². The average Bonchev–Trinajstić information content (AvgIpc) is 2.97. The van der Waals surface area contributed by atoms with Crippen LogP contribution in [0.3, 0.4) is 0 Å². The third-order valence-electron chi connectivity index (χ3n) is 6.42. The van der Waals surface area contributed by atoms with Crippen molar-refractivity contribution in [3.63, 3.8) is 0 Å². The first-order chi connectivity index (χ1) is 19.8. The quantitative estimate of drug-likeness (QED) is 0.332. The molecule has 0 spiro atoms. The Morgan fingerprint density at radius 2 is 1.52 bits per heavy atom. The summed E-state index contributed by atoms with van der Waals surface area (Å²) in [6.45, 7) is 6.61. The van der Waals surface area contributed by atoms with E-state index in [0.717, 1.165) is 4.31 Å². The summed E-state index contributed by atoms with van der Waals surface area (Å²) in [5.41, 5.74) is 0.359. The highest BCUT2D eigenvalue weighted by Gasteiger charge is 2.33. The lowest BCUT2D eigenvalue weighted by Gasteiger charge is -2.33. The summed E-state index contributed by atoms with van der Waals surface area (Å²) in [7, 11) is 0.233. The van der Waals surface area contributed by atoms with Crippen LogP contribution in [-0.2, 0) is 26.2 Å². The molecule has 0 heterocycles. The van der Waals surface area contributed by atoms with Crippen molar-refractivity contribution in [2.75, 3.05) is 32.2 Å². The highest BCUT2D eigenvalue weighted by Crippen LogP contribution is 2.34. The topological polar surface area (TPSA) is 114 Å². The van der Waals surface area contributed by atoms with Gasteiger partial charge < -0.3 is 24.4 Å². The molecular formula is C31H39N3O7S. The molecule has 2 amide bonds. The SMILES string of the molecule is COc1cccc(CN(C(=O)CN(c2ccc(OC)c(OC)c2)S(=O)(=O)c2ccccc2)[C@@H](C)C(=O)NC(C)(C)C)c1. The van der Waals surface area contributed by atoms with Gasteiger partial charge in [0.05, 0.1) is 31.9 Å². The molecule has 0 radical (unpaired) electrons. The van der Waals surface area contributed by atoms with E-state index in [2.05, 4.69) is 5.32 Å². The molecule has 1 N–H and O–H groups in total. The number of sulfonamides is 1. The Morgan fingerprint density at radius 3 is 2.12 bits per heavy atom. The Labute approximate surface area is 248 Å². The van der Waals surface area contributed by atoms with Crippen LogP contribution in [-0.4, -0.2) is 64.6 Å². The van der Waals surface area contributed by atoms with E-state index in [9.17, 15) is 18.0 Å². The minimum Gasteiger partial charge on any atom is -0.497 e. The minimum atomic E-state index is -4.22. The van der Waals surface area contributed by atoms with E-state index in [1.54, 1.807) is 49.4 Å². The minimum absolute atomic E-state index is 0.00505. The third-order valence-corrected chi connectivity index (χ3v) is 8.21. The number of nitrogens with one attached hydrogen (secondary N) is 1. The lowest BCUT2D eigenvalue weighted by Crippen LogP contribution is -2.54. The second-order valence-electron chi connectivity index (χ2n) is 10.7. The molecule has 11 heteroatoms. The van der Waals surface area contributed by atoms with Crippen molar-refractivity contribution in [1.82, 2.24) is 10.2 Å². The van der Waals surface area contributed by atoms with E-state index < -0.39 is 34.1 Å². The van der Waals surface area contributed by atoms with Gasteiger partial charge in [0.2, 0.25) is 11.8 Å². The lowest BCUT2D eigenvalue weighted by molar-refractivity contribution is -0.140. The first kappa shape index (κ1) is 32.3. The molecule has 0 fully saturated rings. The fraction of sp³-hybridized carbons (Fsp3) is 0.355. The number of nitrogens with zero attached hydrogens (tertiary/aromatic N) is 2. The monoisotopic (exact) mass is 597 g/mol. The van der Waals surface area contributed by atoms with Crippen molar-refractivity contribution < 1.29 is 32.2 Å². The molecule has 42 heavy (non-hydrogen) atoms. The number of rotatable bonds is 12. The third kappa shape index (κ3) is 7.94. The van der Waals surface area contributed by atoms with Gasteiger partial charge in [-0.2, -0.15) is 0 Å². The standard InChI is InChI=1S/C31H39N3O7S/c1-22(30(36)32-31(2,3)4)33(20-23-12-11-13-25(18-23)39-5)29(35)21-34(42(37,38)26-14-9-8-10-15-26)24-16-17-27(40-6)28(19-24)41-7/h8-19,22H,20-21H2,1-7H3,(H,32,36)/t22-/m0/s1. The zero-order chi connectivity index (χ0) is 31.1. The zero-order valence-electron chi connectivity index (χ0n) is 25.1. The molecule has 3 aromatic carbocycles. The summed E-state index contributed by atoms with van der Waals surface area (Å²) in [5.74, 6) is 0.329. The largest absolute Gasteiger partial charge is 0.497 e. The molecule has 0 saturated heterocycles.